The first-order valence-electron chi connectivity index (χ1n) is 6.08. The second-order valence-corrected chi connectivity index (χ2v) is 4.81. The van der Waals surface area contributed by atoms with Crippen LogP contribution in [0.15, 0.2) is 18.5 Å². The number of aromatic nitrogens is 1. The van der Waals surface area contributed by atoms with Gasteiger partial charge in [-0.2, -0.15) is 5.26 Å². The average Bonchev–Trinajstić information content (AvgIpc) is 2.42. The summed E-state index contributed by atoms with van der Waals surface area (Å²) in [6.07, 6.45) is 3.42. The first-order valence-corrected chi connectivity index (χ1v) is 6.08. The lowest BCUT2D eigenvalue weighted by Gasteiger charge is -2.35. The highest BCUT2D eigenvalue weighted by Crippen LogP contribution is 2.21. The van der Waals surface area contributed by atoms with Crippen molar-refractivity contribution in [2.75, 3.05) is 20.1 Å². The Labute approximate surface area is 111 Å². The Kier molecular flexibility index (Phi) is 3.76. The molecule has 0 aromatic carbocycles. The molecule has 0 aliphatic carbocycles. The standard InChI is InChI=1S/C13H15FN4O/c1-18-6-3-13(9-15,4-7-18)17-12(19)10-2-5-16-8-11(10)14/h2,5,8H,3-4,6-7H2,1H3,(H,17,19). The number of rotatable bonds is 2. The number of hydrogen-bond acceptors (Lipinski definition) is 4. The molecular weight excluding hydrogens is 247 g/mol. The average molecular weight is 262 g/mol. The number of halogens is 1. The van der Waals surface area contributed by atoms with Crippen LogP contribution in [-0.2, 0) is 0 Å². The molecule has 1 aliphatic rings. The van der Waals surface area contributed by atoms with Crippen molar-refractivity contribution in [3.8, 4) is 6.07 Å². The number of hydrogen-bond donors (Lipinski definition) is 1. The van der Waals surface area contributed by atoms with E-state index in [-0.39, 0.29) is 5.56 Å². The van der Waals surface area contributed by atoms with Crippen LogP contribution in [0.5, 0.6) is 0 Å². The summed E-state index contributed by atoms with van der Waals surface area (Å²) in [5, 5.41) is 12.0. The molecule has 19 heavy (non-hydrogen) atoms. The molecule has 1 aromatic rings. The molecule has 1 aliphatic heterocycles. The maximum atomic E-state index is 13.5. The number of piperidine rings is 1. The molecule has 0 saturated carbocycles. The van der Waals surface area contributed by atoms with E-state index in [0.717, 1.165) is 19.3 Å². The van der Waals surface area contributed by atoms with Gasteiger partial charge < -0.3 is 10.2 Å². The number of nitrogens with zero attached hydrogens (tertiary/aromatic N) is 3. The molecule has 0 radical (unpaired) electrons. The highest BCUT2D eigenvalue weighted by atomic mass is 19.1. The van der Waals surface area contributed by atoms with Gasteiger partial charge in [0.15, 0.2) is 5.82 Å². The summed E-state index contributed by atoms with van der Waals surface area (Å²) in [7, 11) is 1.96. The summed E-state index contributed by atoms with van der Waals surface area (Å²) in [5.74, 6) is -1.24. The first kappa shape index (κ1) is 13.4. The normalized spacial score (nSPS) is 18.6. The molecule has 6 heteroatoms. The molecule has 2 rings (SSSR count). The van der Waals surface area contributed by atoms with Gasteiger partial charge in [-0.15, -0.1) is 0 Å². The van der Waals surface area contributed by atoms with Crippen molar-refractivity contribution in [1.82, 2.24) is 15.2 Å². The van der Waals surface area contributed by atoms with Crippen LogP contribution in [0.4, 0.5) is 4.39 Å². The Morgan fingerprint density at radius 3 is 2.84 bits per heavy atom. The fraction of sp³-hybridized carbons (Fsp3) is 0.462. The van der Waals surface area contributed by atoms with E-state index in [1.54, 1.807) is 0 Å². The van der Waals surface area contributed by atoms with Crippen LogP contribution in [-0.4, -0.2) is 41.5 Å². The van der Waals surface area contributed by atoms with Crippen LogP contribution in [0, 0.1) is 17.1 Å². The summed E-state index contributed by atoms with van der Waals surface area (Å²) in [4.78, 5) is 17.7. The van der Waals surface area contributed by atoms with E-state index in [2.05, 4.69) is 21.3 Å². The molecule has 0 unspecified atom stereocenters. The van der Waals surface area contributed by atoms with Gasteiger partial charge in [-0.3, -0.25) is 9.78 Å². The summed E-state index contributed by atoms with van der Waals surface area (Å²) in [6.45, 7) is 1.46. The van der Waals surface area contributed by atoms with Gasteiger partial charge in [-0.05, 0) is 26.0 Å². The summed E-state index contributed by atoms with van der Waals surface area (Å²) >= 11 is 0. The molecule has 0 spiro atoms. The lowest BCUT2D eigenvalue weighted by atomic mass is 9.89. The monoisotopic (exact) mass is 262 g/mol. The van der Waals surface area contributed by atoms with Gasteiger partial charge in [0, 0.05) is 19.3 Å². The van der Waals surface area contributed by atoms with Gasteiger partial charge in [0.05, 0.1) is 17.8 Å². The lowest BCUT2D eigenvalue weighted by Crippen LogP contribution is -2.53. The highest BCUT2D eigenvalue weighted by Gasteiger charge is 2.35. The topological polar surface area (TPSA) is 69.0 Å². The van der Waals surface area contributed by atoms with Crippen LogP contribution in [0.25, 0.3) is 0 Å². The van der Waals surface area contributed by atoms with Crippen LogP contribution in [0.2, 0.25) is 0 Å². The molecule has 2 heterocycles. The van der Waals surface area contributed by atoms with Crippen molar-refractivity contribution >= 4 is 5.91 Å². The van der Waals surface area contributed by atoms with Crippen molar-refractivity contribution in [2.24, 2.45) is 0 Å². The van der Waals surface area contributed by atoms with Gasteiger partial charge >= 0.3 is 0 Å². The number of nitriles is 1. The van der Waals surface area contributed by atoms with Gasteiger partial charge in [0.2, 0.25) is 0 Å². The van der Waals surface area contributed by atoms with Gasteiger partial charge in [-0.1, -0.05) is 0 Å². The molecule has 1 N–H and O–H groups in total. The Hall–Kier alpha value is -2.00. The van der Waals surface area contributed by atoms with E-state index in [1.165, 1.54) is 12.3 Å². The smallest absolute Gasteiger partial charge is 0.255 e. The Morgan fingerprint density at radius 1 is 1.58 bits per heavy atom. The highest BCUT2D eigenvalue weighted by molar-refractivity contribution is 5.95. The second-order valence-electron chi connectivity index (χ2n) is 4.81. The molecule has 1 saturated heterocycles. The Bertz CT molecular complexity index is 518. The fourth-order valence-corrected chi connectivity index (χ4v) is 2.11. The van der Waals surface area contributed by atoms with E-state index in [9.17, 15) is 14.4 Å². The minimum Gasteiger partial charge on any atom is -0.334 e. The number of carbonyl (C=O) groups excluding carboxylic acids is 1. The van der Waals surface area contributed by atoms with E-state index in [4.69, 9.17) is 0 Å². The van der Waals surface area contributed by atoms with Gasteiger partial charge in [0.25, 0.3) is 5.91 Å². The van der Waals surface area contributed by atoms with Crippen LogP contribution < -0.4 is 5.32 Å². The molecule has 100 valence electrons. The van der Waals surface area contributed by atoms with E-state index in [1.807, 2.05) is 7.05 Å². The van der Waals surface area contributed by atoms with Crippen molar-refractivity contribution in [2.45, 2.75) is 18.4 Å². The molecule has 1 aromatic heterocycles. The van der Waals surface area contributed by atoms with E-state index < -0.39 is 17.3 Å². The number of nitrogens with one attached hydrogen (secondary N) is 1. The predicted octanol–water partition coefficient (Wildman–Crippen LogP) is 0.938. The summed E-state index contributed by atoms with van der Waals surface area (Å²) in [5.41, 5.74) is -0.984. The molecule has 0 atom stereocenters. The van der Waals surface area contributed by atoms with Crippen molar-refractivity contribution in [3.05, 3.63) is 29.8 Å². The van der Waals surface area contributed by atoms with Crippen LogP contribution in [0.3, 0.4) is 0 Å². The lowest BCUT2D eigenvalue weighted by molar-refractivity contribution is 0.0877. The maximum absolute atomic E-state index is 13.5. The zero-order chi connectivity index (χ0) is 13.9. The molecule has 1 fully saturated rings. The quantitative estimate of drug-likeness (QED) is 0.861. The molecule has 5 nitrogen and oxygen atoms in total. The van der Waals surface area contributed by atoms with Crippen molar-refractivity contribution < 1.29 is 9.18 Å². The number of carbonyl (C=O) groups is 1. The molecule has 0 bridgehead atoms. The second kappa shape index (κ2) is 5.33. The maximum Gasteiger partial charge on any atom is 0.255 e. The fourth-order valence-electron chi connectivity index (χ4n) is 2.11. The number of amides is 1. The van der Waals surface area contributed by atoms with Crippen LogP contribution >= 0.6 is 0 Å². The van der Waals surface area contributed by atoms with Crippen molar-refractivity contribution in [3.63, 3.8) is 0 Å². The number of likely N-dealkylation sites (tertiary alicyclic amines) is 1. The van der Waals surface area contributed by atoms with Gasteiger partial charge in [0.1, 0.15) is 5.54 Å². The summed E-state index contributed by atoms with van der Waals surface area (Å²) in [6, 6.07) is 3.47. The Balaban J connectivity index is 2.14. The first-order chi connectivity index (χ1) is 9.06. The van der Waals surface area contributed by atoms with Gasteiger partial charge in [-0.25, -0.2) is 4.39 Å². The minimum atomic E-state index is -0.903. The zero-order valence-electron chi connectivity index (χ0n) is 10.7. The number of pyridine rings is 1. The largest absolute Gasteiger partial charge is 0.334 e. The predicted molar refractivity (Wildman–Crippen MR) is 66.7 cm³/mol. The SMILES string of the molecule is CN1CCC(C#N)(NC(=O)c2ccncc2F)CC1. The zero-order valence-corrected chi connectivity index (χ0v) is 10.7. The van der Waals surface area contributed by atoms with Crippen molar-refractivity contribution in [1.29, 1.82) is 5.26 Å². The van der Waals surface area contributed by atoms with E-state index in [0.29, 0.717) is 12.8 Å². The third-order valence-electron chi connectivity index (χ3n) is 3.42. The third kappa shape index (κ3) is 2.88. The molecular formula is C13H15FN4O. The van der Waals surface area contributed by atoms with Crippen LogP contribution in [0.1, 0.15) is 23.2 Å². The van der Waals surface area contributed by atoms with E-state index >= 15 is 0 Å². The summed E-state index contributed by atoms with van der Waals surface area (Å²) < 4.78 is 13.5. The third-order valence-corrected chi connectivity index (χ3v) is 3.42. The molecule has 1 amide bonds. The minimum absolute atomic E-state index is 0.0800. The Morgan fingerprint density at radius 2 is 2.26 bits per heavy atom.